The molecule has 0 unspecified atom stereocenters. The van der Waals surface area contributed by atoms with Crippen LogP contribution in [0.5, 0.6) is 0 Å². The van der Waals surface area contributed by atoms with Gasteiger partial charge in [0.05, 0.1) is 18.0 Å². The fourth-order valence-corrected chi connectivity index (χ4v) is 1.47. The maximum atomic E-state index is 9.06. The molecule has 0 bridgehead atoms. The Morgan fingerprint density at radius 1 is 1.69 bits per heavy atom. The van der Waals surface area contributed by atoms with Gasteiger partial charge >= 0.3 is 0 Å². The fourth-order valence-electron chi connectivity index (χ4n) is 1.47. The molecule has 1 aromatic heterocycles. The van der Waals surface area contributed by atoms with E-state index in [1.165, 1.54) is 0 Å². The van der Waals surface area contributed by atoms with Gasteiger partial charge in [-0.3, -0.25) is 4.68 Å². The van der Waals surface area contributed by atoms with E-state index in [2.05, 4.69) is 15.6 Å². The monoisotopic (exact) mass is 182 g/mol. The quantitative estimate of drug-likeness (QED) is 0.657. The molecule has 1 fully saturated rings. The van der Waals surface area contributed by atoms with Crippen molar-refractivity contribution in [1.29, 1.82) is 0 Å². The Balaban J connectivity index is 1.77. The van der Waals surface area contributed by atoms with E-state index in [0.717, 1.165) is 25.1 Å². The van der Waals surface area contributed by atoms with Crippen molar-refractivity contribution >= 4 is 0 Å². The molecule has 0 atom stereocenters. The number of aromatic nitrogens is 3. The van der Waals surface area contributed by atoms with E-state index < -0.39 is 0 Å². The summed E-state index contributed by atoms with van der Waals surface area (Å²) in [5.41, 5.74) is 1.07. The number of aliphatic hydroxyl groups is 1. The van der Waals surface area contributed by atoms with Gasteiger partial charge in [-0.2, -0.15) is 0 Å². The summed E-state index contributed by atoms with van der Waals surface area (Å²) >= 11 is 0. The highest BCUT2D eigenvalue weighted by atomic mass is 16.3. The minimum absolute atomic E-state index is 0.0952. The summed E-state index contributed by atoms with van der Waals surface area (Å²) in [5, 5.41) is 20.0. The van der Waals surface area contributed by atoms with E-state index in [-0.39, 0.29) is 6.10 Å². The number of rotatable bonds is 3. The summed E-state index contributed by atoms with van der Waals surface area (Å²) in [7, 11) is 1.87. The van der Waals surface area contributed by atoms with Crippen molar-refractivity contribution in [2.24, 2.45) is 7.05 Å². The molecule has 2 N–H and O–H groups in total. The van der Waals surface area contributed by atoms with Crippen LogP contribution in [-0.2, 0) is 13.6 Å². The molecular formula is C8H14N4O. The first kappa shape index (κ1) is 8.65. The normalized spacial score (nSPS) is 27.2. The molecule has 1 saturated carbocycles. The van der Waals surface area contributed by atoms with Crippen LogP contribution in [0.1, 0.15) is 18.5 Å². The number of hydrogen-bond donors (Lipinski definition) is 2. The highest BCUT2D eigenvalue weighted by molar-refractivity contribution is 4.94. The predicted molar refractivity (Wildman–Crippen MR) is 46.9 cm³/mol. The van der Waals surface area contributed by atoms with E-state index in [1.54, 1.807) is 10.9 Å². The lowest BCUT2D eigenvalue weighted by molar-refractivity contribution is 0.0617. The third kappa shape index (κ3) is 1.87. The summed E-state index contributed by atoms with van der Waals surface area (Å²) in [6.45, 7) is 0.779. The zero-order valence-electron chi connectivity index (χ0n) is 7.64. The zero-order valence-corrected chi connectivity index (χ0v) is 7.64. The van der Waals surface area contributed by atoms with Crippen molar-refractivity contribution in [1.82, 2.24) is 20.3 Å². The predicted octanol–water partition coefficient (Wildman–Crippen LogP) is -0.572. The van der Waals surface area contributed by atoms with E-state index in [0.29, 0.717) is 6.04 Å². The van der Waals surface area contributed by atoms with Crippen molar-refractivity contribution in [2.75, 3.05) is 0 Å². The highest BCUT2D eigenvalue weighted by Gasteiger charge is 2.26. The van der Waals surface area contributed by atoms with Gasteiger partial charge < -0.3 is 10.4 Å². The van der Waals surface area contributed by atoms with E-state index in [9.17, 15) is 0 Å². The van der Waals surface area contributed by atoms with Crippen LogP contribution in [0.3, 0.4) is 0 Å². The van der Waals surface area contributed by atoms with Crippen LogP contribution in [-0.4, -0.2) is 32.2 Å². The molecule has 72 valence electrons. The van der Waals surface area contributed by atoms with Crippen LogP contribution >= 0.6 is 0 Å². The van der Waals surface area contributed by atoms with Crippen LogP contribution < -0.4 is 5.32 Å². The highest BCUT2D eigenvalue weighted by Crippen LogP contribution is 2.19. The van der Waals surface area contributed by atoms with E-state index in [1.807, 2.05) is 7.05 Å². The van der Waals surface area contributed by atoms with Gasteiger partial charge in [0.25, 0.3) is 0 Å². The van der Waals surface area contributed by atoms with Gasteiger partial charge in [-0.1, -0.05) is 5.21 Å². The molecule has 0 radical (unpaired) electrons. The minimum Gasteiger partial charge on any atom is -0.393 e. The van der Waals surface area contributed by atoms with Crippen LogP contribution in [0.25, 0.3) is 0 Å². The third-order valence-corrected chi connectivity index (χ3v) is 2.49. The minimum atomic E-state index is -0.0952. The topological polar surface area (TPSA) is 63.0 Å². The Morgan fingerprint density at radius 3 is 3.00 bits per heavy atom. The second-order valence-corrected chi connectivity index (χ2v) is 3.55. The molecule has 0 aliphatic heterocycles. The Kier molecular flexibility index (Phi) is 2.28. The largest absolute Gasteiger partial charge is 0.393 e. The Labute approximate surface area is 76.8 Å². The fraction of sp³-hybridized carbons (Fsp3) is 0.750. The molecule has 1 aromatic rings. The molecule has 0 amide bonds. The lowest BCUT2D eigenvalue weighted by atomic mass is 9.89. The van der Waals surface area contributed by atoms with E-state index >= 15 is 0 Å². The maximum absolute atomic E-state index is 9.06. The number of aryl methyl sites for hydroxylation is 1. The van der Waals surface area contributed by atoms with Gasteiger partial charge in [0, 0.05) is 19.6 Å². The molecule has 13 heavy (non-hydrogen) atoms. The summed E-state index contributed by atoms with van der Waals surface area (Å²) < 4.78 is 1.75. The van der Waals surface area contributed by atoms with Gasteiger partial charge in [-0.25, -0.2) is 0 Å². The lowest BCUT2D eigenvalue weighted by Crippen LogP contribution is -2.43. The number of nitrogens with zero attached hydrogens (tertiary/aromatic N) is 3. The van der Waals surface area contributed by atoms with Crippen molar-refractivity contribution in [3.8, 4) is 0 Å². The van der Waals surface area contributed by atoms with Gasteiger partial charge in [-0.05, 0) is 12.8 Å². The summed E-state index contributed by atoms with van der Waals surface area (Å²) in [4.78, 5) is 0. The Morgan fingerprint density at radius 2 is 2.46 bits per heavy atom. The number of nitrogens with one attached hydrogen (secondary N) is 1. The number of aliphatic hydroxyl groups excluding tert-OH is 1. The summed E-state index contributed by atoms with van der Waals surface area (Å²) in [5.74, 6) is 0. The maximum Gasteiger partial charge on any atom is 0.0738 e. The van der Waals surface area contributed by atoms with Crippen LogP contribution in [0, 0.1) is 0 Å². The van der Waals surface area contributed by atoms with Gasteiger partial charge in [0.1, 0.15) is 0 Å². The molecule has 2 rings (SSSR count). The SMILES string of the molecule is Cn1nncc1CNC1CC(O)C1. The van der Waals surface area contributed by atoms with Gasteiger partial charge in [0.15, 0.2) is 0 Å². The molecule has 1 aliphatic rings. The third-order valence-electron chi connectivity index (χ3n) is 2.49. The first-order chi connectivity index (χ1) is 6.25. The van der Waals surface area contributed by atoms with Crippen molar-refractivity contribution in [3.63, 3.8) is 0 Å². The molecule has 0 spiro atoms. The number of hydrogen-bond acceptors (Lipinski definition) is 4. The van der Waals surface area contributed by atoms with E-state index in [4.69, 9.17) is 5.11 Å². The molecular weight excluding hydrogens is 168 g/mol. The summed E-state index contributed by atoms with van der Waals surface area (Å²) in [6, 6.07) is 0.463. The first-order valence-corrected chi connectivity index (χ1v) is 4.50. The zero-order chi connectivity index (χ0) is 9.26. The standard InChI is InChI=1S/C8H14N4O/c1-12-7(5-10-11-12)4-9-6-2-8(13)3-6/h5-6,8-9,13H,2-4H2,1H3. The van der Waals surface area contributed by atoms with Crippen molar-refractivity contribution in [2.45, 2.75) is 31.5 Å². The Hall–Kier alpha value is -0.940. The smallest absolute Gasteiger partial charge is 0.0738 e. The lowest BCUT2D eigenvalue weighted by Gasteiger charge is -2.32. The molecule has 0 aromatic carbocycles. The average Bonchev–Trinajstić information content (AvgIpc) is 2.43. The summed E-state index contributed by atoms with van der Waals surface area (Å²) in [6.07, 6.45) is 3.39. The molecule has 0 saturated heterocycles. The first-order valence-electron chi connectivity index (χ1n) is 4.50. The second-order valence-electron chi connectivity index (χ2n) is 3.55. The van der Waals surface area contributed by atoms with Crippen LogP contribution in [0.4, 0.5) is 0 Å². The van der Waals surface area contributed by atoms with Crippen LogP contribution in [0.2, 0.25) is 0 Å². The molecule has 5 heteroatoms. The van der Waals surface area contributed by atoms with Gasteiger partial charge in [0.2, 0.25) is 0 Å². The average molecular weight is 182 g/mol. The Bertz CT molecular complexity index is 279. The molecule has 1 heterocycles. The molecule has 5 nitrogen and oxygen atoms in total. The molecule has 1 aliphatic carbocycles. The van der Waals surface area contributed by atoms with Crippen molar-refractivity contribution < 1.29 is 5.11 Å². The second kappa shape index (κ2) is 3.43. The van der Waals surface area contributed by atoms with Gasteiger partial charge in [-0.15, -0.1) is 5.10 Å². The van der Waals surface area contributed by atoms with Crippen molar-refractivity contribution in [3.05, 3.63) is 11.9 Å². The van der Waals surface area contributed by atoms with Crippen LogP contribution in [0.15, 0.2) is 6.20 Å².